The molecule has 1 aliphatic rings. The number of morpholine rings is 1. The molecule has 1 N–H and O–H groups in total. The molecule has 1 amide bonds. The fraction of sp³-hybridized carbons (Fsp3) is 0.250. The number of carbonyl (C=O) groups excluding carboxylic acids is 1. The number of rotatable bonds is 2. The van der Waals surface area contributed by atoms with E-state index in [1.807, 2.05) is 6.07 Å². The molecule has 1 aromatic heterocycles. The lowest BCUT2D eigenvalue weighted by Gasteiger charge is -2.33. The molecule has 0 spiro atoms. The molecule has 3 rings (SSSR count). The third-order valence-electron chi connectivity index (χ3n) is 3.64. The molecule has 7 heteroatoms. The molecule has 0 saturated carbocycles. The number of benzene rings is 1. The number of pyridine rings is 1. The third-order valence-corrected chi connectivity index (χ3v) is 4.38. The van der Waals surface area contributed by atoms with E-state index in [-0.39, 0.29) is 23.5 Å². The monoisotopic (exact) mass is 352 g/mol. The molecular weight excluding hydrogens is 339 g/mol. The number of nitrogens with zero attached hydrogens (tertiary/aromatic N) is 2. The predicted molar refractivity (Wildman–Crippen MR) is 87.0 cm³/mol. The Morgan fingerprint density at radius 3 is 2.78 bits per heavy atom. The SMILES string of the molecule is O=C(c1ccc(O)cn1)N1CCO[C@@H](c2ccc(Cl)c(Cl)c2)C1. The van der Waals surface area contributed by atoms with Gasteiger partial charge in [0.2, 0.25) is 0 Å². The second kappa shape index (κ2) is 6.74. The standard InChI is InChI=1S/C16H14Cl2N2O3/c17-12-3-1-10(7-13(12)18)15-9-20(5-6-23-15)16(22)14-4-2-11(21)8-19-14/h1-4,7-8,15,21H,5-6,9H2/t15-/m1/s1. The highest BCUT2D eigenvalue weighted by Gasteiger charge is 2.27. The Hall–Kier alpha value is -1.82. The Bertz CT molecular complexity index is 722. The Balaban J connectivity index is 1.76. The number of amides is 1. The van der Waals surface area contributed by atoms with E-state index in [9.17, 15) is 9.90 Å². The number of ether oxygens (including phenoxy) is 1. The average Bonchev–Trinajstić information content (AvgIpc) is 2.57. The molecule has 5 nitrogen and oxygen atoms in total. The zero-order valence-electron chi connectivity index (χ0n) is 12.1. The Kier molecular flexibility index (Phi) is 4.71. The van der Waals surface area contributed by atoms with Gasteiger partial charge in [-0.3, -0.25) is 4.79 Å². The van der Waals surface area contributed by atoms with E-state index >= 15 is 0 Å². The average molecular weight is 353 g/mol. The molecule has 0 bridgehead atoms. The fourth-order valence-corrected chi connectivity index (χ4v) is 2.73. The lowest BCUT2D eigenvalue weighted by molar-refractivity contribution is -0.0230. The van der Waals surface area contributed by atoms with E-state index in [2.05, 4.69) is 4.98 Å². The van der Waals surface area contributed by atoms with Gasteiger partial charge in [-0.15, -0.1) is 0 Å². The van der Waals surface area contributed by atoms with Gasteiger partial charge in [0.15, 0.2) is 0 Å². The van der Waals surface area contributed by atoms with Crippen LogP contribution in [0, 0.1) is 0 Å². The first kappa shape index (κ1) is 16.1. The van der Waals surface area contributed by atoms with Gasteiger partial charge in [-0.1, -0.05) is 29.3 Å². The van der Waals surface area contributed by atoms with Crippen molar-refractivity contribution in [2.45, 2.75) is 6.10 Å². The van der Waals surface area contributed by atoms with Crippen molar-refractivity contribution in [3.8, 4) is 5.75 Å². The minimum absolute atomic E-state index is 0.0252. The molecule has 23 heavy (non-hydrogen) atoms. The number of halogens is 2. The van der Waals surface area contributed by atoms with Gasteiger partial charge in [0.05, 0.1) is 29.4 Å². The van der Waals surface area contributed by atoms with Gasteiger partial charge in [-0.2, -0.15) is 0 Å². The van der Waals surface area contributed by atoms with Crippen LogP contribution in [0.4, 0.5) is 0 Å². The predicted octanol–water partition coefficient (Wildman–Crippen LogP) is 3.31. The van der Waals surface area contributed by atoms with Crippen LogP contribution in [-0.4, -0.2) is 40.6 Å². The molecule has 1 aliphatic heterocycles. The van der Waals surface area contributed by atoms with Gasteiger partial charge in [0, 0.05) is 6.54 Å². The summed E-state index contributed by atoms with van der Waals surface area (Å²) >= 11 is 12.0. The number of aromatic nitrogens is 1. The van der Waals surface area contributed by atoms with E-state index in [1.165, 1.54) is 18.3 Å². The molecule has 1 saturated heterocycles. The topological polar surface area (TPSA) is 62.7 Å². The van der Waals surface area contributed by atoms with Crippen LogP contribution >= 0.6 is 23.2 Å². The summed E-state index contributed by atoms with van der Waals surface area (Å²) in [5.41, 5.74) is 1.16. The molecule has 2 heterocycles. The summed E-state index contributed by atoms with van der Waals surface area (Å²) in [6, 6.07) is 8.25. The highest BCUT2D eigenvalue weighted by molar-refractivity contribution is 6.42. The number of hydrogen-bond acceptors (Lipinski definition) is 4. The molecule has 1 atom stereocenters. The maximum atomic E-state index is 12.5. The summed E-state index contributed by atoms with van der Waals surface area (Å²) in [6.07, 6.45) is 0.990. The Morgan fingerprint density at radius 2 is 2.09 bits per heavy atom. The first-order chi connectivity index (χ1) is 11.0. The molecule has 0 unspecified atom stereocenters. The summed E-state index contributed by atoms with van der Waals surface area (Å²) in [5, 5.41) is 10.2. The molecule has 2 aromatic rings. The van der Waals surface area contributed by atoms with Crippen LogP contribution in [0.25, 0.3) is 0 Å². The van der Waals surface area contributed by atoms with Crippen LogP contribution in [0.5, 0.6) is 5.75 Å². The van der Waals surface area contributed by atoms with Gasteiger partial charge in [-0.05, 0) is 29.8 Å². The zero-order valence-corrected chi connectivity index (χ0v) is 13.6. The van der Waals surface area contributed by atoms with Crippen LogP contribution in [0.3, 0.4) is 0 Å². The van der Waals surface area contributed by atoms with Crippen molar-refractivity contribution < 1.29 is 14.6 Å². The second-order valence-electron chi connectivity index (χ2n) is 5.19. The summed E-state index contributed by atoms with van der Waals surface area (Å²) in [6.45, 7) is 1.31. The second-order valence-corrected chi connectivity index (χ2v) is 6.00. The first-order valence-corrected chi connectivity index (χ1v) is 7.81. The van der Waals surface area contributed by atoms with E-state index in [0.717, 1.165) is 5.56 Å². The van der Waals surface area contributed by atoms with Crippen molar-refractivity contribution in [3.05, 3.63) is 57.8 Å². The van der Waals surface area contributed by atoms with Crippen LogP contribution < -0.4 is 0 Å². The lowest BCUT2D eigenvalue weighted by Crippen LogP contribution is -2.42. The maximum absolute atomic E-state index is 12.5. The van der Waals surface area contributed by atoms with Crippen LogP contribution in [0.15, 0.2) is 36.5 Å². The molecule has 0 aliphatic carbocycles. The van der Waals surface area contributed by atoms with Crippen molar-refractivity contribution >= 4 is 29.1 Å². The number of hydrogen-bond donors (Lipinski definition) is 1. The van der Waals surface area contributed by atoms with Crippen LogP contribution in [-0.2, 0) is 4.74 Å². The van der Waals surface area contributed by atoms with Gasteiger partial charge in [0.25, 0.3) is 5.91 Å². The van der Waals surface area contributed by atoms with Crippen LogP contribution in [0.2, 0.25) is 10.0 Å². The summed E-state index contributed by atoms with van der Waals surface area (Å²) in [4.78, 5) is 18.1. The largest absolute Gasteiger partial charge is 0.506 e. The van der Waals surface area contributed by atoms with Gasteiger partial charge >= 0.3 is 0 Å². The molecular formula is C16H14Cl2N2O3. The fourth-order valence-electron chi connectivity index (χ4n) is 2.42. The quantitative estimate of drug-likeness (QED) is 0.900. The van der Waals surface area contributed by atoms with Crippen LogP contribution in [0.1, 0.15) is 22.2 Å². The Labute approximate surface area is 143 Å². The maximum Gasteiger partial charge on any atom is 0.272 e. The third kappa shape index (κ3) is 3.58. The van der Waals surface area contributed by atoms with Crippen molar-refractivity contribution in [3.63, 3.8) is 0 Å². The number of aromatic hydroxyl groups is 1. The van der Waals surface area contributed by atoms with Gasteiger partial charge < -0.3 is 14.7 Å². The number of carbonyl (C=O) groups is 1. The first-order valence-electron chi connectivity index (χ1n) is 7.05. The van der Waals surface area contributed by atoms with E-state index in [4.69, 9.17) is 27.9 Å². The van der Waals surface area contributed by atoms with E-state index in [0.29, 0.717) is 29.7 Å². The normalized spacial score (nSPS) is 18.0. The highest BCUT2D eigenvalue weighted by Crippen LogP contribution is 2.29. The van der Waals surface area contributed by atoms with Gasteiger partial charge in [0.1, 0.15) is 17.5 Å². The molecule has 1 fully saturated rings. The summed E-state index contributed by atoms with van der Waals surface area (Å²) in [7, 11) is 0. The van der Waals surface area contributed by atoms with E-state index < -0.39 is 0 Å². The van der Waals surface area contributed by atoms with Crippen molar-refractivity contribution in [2.75, 3.05) is 19.7 Å². The smallest absolute Gasteiger partial charge is 0.272 e. The Morgan fingerprint density at radius 1 is 1.26 bits per heavy atom. The molecule has 1 aromatic carbocycles. The van der Waals surface area contributed by atoms with Crippen molar-refractivity contribution in [1.29, 1.82) is 0 Å². The minimum Gasteiger partial charge on any atom is -0.506 e. The summed E-state index contributed by atoms with van der Waals surface area (Å²) < 4.78 is 5.74. The zero-order chi connectivity index (χ0) is 16.4. The van der Waals surface area contributed by atoms with Gasteiger partial charge in [-0.25, -0.2) is 4.98 Å². The van der Waals surface area contributed by atoms with Crippen molar-refractivity contribution in [2.24, 2.45) is 0 Å². The summed E-state index contributed by atoms with van der Waals surface area (Å²) in [5.74, 6) is -0.171. The molecule has 120 valence electrons. The molecule has 0 radical (unpaired) electrons. The van der Waals surface area contributed by atoms with Crippen molar-refractivity contribution in [1.82, 2.24) is 9.88 Å². The lowest BCUT2D eigenvalue weighted by atomic mass is 10.1. The highest BCUT2D eigenvalue weighted by atomic mass is 35.5. The minimum atomic E-state index is -0.264. The van der Waals surface area contributed by atoms with E-state index in [1.54, 1.807) is 17.0 Å².